The summed E-state index contributed by atoms with van der Waals surface area (Å²) in [4.78, 5) is 5.18. The summed E-state index contributed by atoms with van der Waals surface area (Å²) in [7, 11) is 2.31. The zero-order valence-corrected chi connectivity index (χ0v) is 12.6. The Bertz CT molecular complexity index is 263. The van der Waals surface area contributed by atoms with E-state index in [1.54, 1.807) is 0 Å². The Labute approximate surface area is 118 Å². The fraction of sp³-hybridized carbons (Fsp3) is 1.00. The third kappa shape index (κ3) is 3.93. The minimum absolute atomic E-state index is 0.860. The molecule has 3 fully saturated rings. The molecule has 19 heavy (non-hydrogen) atoms. The topological polar surface area (TPSA) is 18.5 Å². The van der Waals surface area contributed by atoms with Crippen LogP contribution in [0.15, 0.2) is 0 Å². The van der Waals surface area contributed by atoms with Crippen molar-refractivity contribution >= 4 is 0 Å². The van der Waals surface area contributed by atoms with Crippen molar-refractivity contribution in [3.8, 4) is 0 Å². The van der Waals surface area contributed by atoms with Crippen molar-refractivity contribution < 1.29 is 0 Å². The van der Waals surface area contributed by atoms with E-state index in [1.165, 1.54) is 77.7 Å². The molecule has 3 heteroatoms. The average Bonchev–Trinajstić information content (AvgIpc) is 3.04. The van der Waals surface area contributed by atoms with Crippen molar-refractivity contribution in [3.05, 3.63) is 0 Å². The molecular formula is C16H31N3. The van der Waals surface area contributed by atoms with E-state index in [1.807, 2.05) is 0 Å². The number of rotatable bonds is 6. The molecule has 0 radical (unpaired) electrons. The minimum Gasteiger partial charge on any atom is -0.311 e. The van der Waals surface area contributed by atoms with E-state index in [2.05, 4.69) is 22.2 Å². The summed E-state index contributed by atoms with van der Waals surface area (Å²) in [5.41, 5.74) is 0. The van der Waals surface area contributed by atoms with E-state index in [9.17, 15) is 0 Å². The molecule has 0 aromatic carbocycles. The van der Waals surface area contributed by atoms with Crippen LogP contribution in [-0.4, -0.2) is 61.7 Å². The van der Waals surface area contributed by atoms with Gasteiger partial charge in [0.25, 0.3) is 0 Å². The van der Waals surface area contributed by atoms with E-state index < -0.39 is 0 Å². The highest BCUT2D eigenvalue weighted by Crippen LogP contribution is 2.32. The minimum atomic E-state index is 0.860. The monoisotopic (exact) mass is 265 g/mol. The predicted octanol–water partition coefficient (Wildman–Crippen LogP) is 1.93. The zero-order chi connectivity index (χ0) is 13.1. The van der Waals surface area contributed by atoms with E-state index >= 15 is 0 Å². The molecule has 0 amide bonds. The van der Waals surface area contributed by atoms with E-state index in [-0.39, 0.29) is 0 Å². The standard InChI is InChI=1S/C16H31N3/c1-18(10-11-19-7-2-3-8-19)9-6-14-12-15-4-5-16(13-14)17-15/h14-17H,2-13H2,1H3. The maximum absolute atomic E-state index is 3.75. The molecule has 3 aliphatic rings. The lowest BCUT2D eigenvalue weighted by Gasteiger charge is -2.30. The molecule has 0 saturated carbocycles. The van der Waals surface area contributed by atoms with Crippen LogP contribution in [0.2, 0.25) is 0 Å². The fourth-order valence-electron chi connectivity index (χ4n) is 4.24. The van der Waals surface area contributed by atoms with Crippen LogP contribution in [0.5, 0.6) is 0 Å². The molecule has 1 N–H and O–H groups in total. The predicted molar refractivity (Wildman–Crippen MR) is 80.5 cm³/mol. The van der Waals surface area contributed by atoms with E-state index in [4.69, 9.17) is 0 Å². The van der Waals surface area contributed by atoms with Gasteiger partial charge in [0.05, 0.1) is 0 Å². The third-order valence-corrected chi connectivity index (χ3v) is 5.49. The van der Waals surface area contributed by atoms with Gasteiger partial charge in [0.2, 0.25) is 0 Å². The Morgan fingerprint density at radius 3 is 2.42 bits per heavy atom. The van der Waals surface area contributed by atoms with E-state index in [0.29, 0.717) is 0 Å². The average molecular weight is 265 g/mol. The van der Waals surface area contributed by atoms with Gasteiger partial charge in [0.15, 0.2) is 0 Å². The Hall–Kier alpha value is -0.120. The van der Waals surface area contributed by atoms with Crippen LogP contribution in [-0.2, 0) is 0 Å². The van der Waals surface area contributed by atoms with Crippen LogP contribution in [0.4, 0.5) is 0 Å². The number of likely N-dealkylation sites (tertiary alicyclic amines) is 1. The highest BCUT2D eigenvalue weighted by Gasteiger charge is 2.33. The van der Waals surface area contributed by atoms with E-state index in [0.717, 1.165) is 18.0 Å². The molecule has 2 bridgehead atoms. The van der Waals surface area contributed by atoms with Gasteiger partial charge in [-0.2, -0.15) is 0 Å². The number of nitrogens with zero attached hydrogens (tertiary/aromatic N) is 2. The Morgan fingerprint density at radius 1 is 1.05 bits per heavy atom. The number of hydrogen-bond donors (Lipinski definition) is 1. The Kier molecular flexibility index (Phi) is 4.78. The summed E-state index contributed by atoms with van der Waals surface area (Å²) < 4.78 is 0. The van der Waals surface area contributed by atoms with Gasteiger partial charge >= 0.3 is 0 Å². The first-order valence-electron chi connectivity index (χ1n) is 8.46. The molecule has 0 aliphatic carbocycles. The fourth-order valence-corrected chi connectivity index (χ4v) is 4.24. The van der Waals surface area contributed by atoms with Crippen LogP contribution >= 0.6 is 0 Å². The van der Waals surface area contributed by atoms with Gasteiger partial charge in [-0.15, -0.1) is 0 Å². The molecule has 3 rings (SSSR count). The molecule has 110 valence electrons. The van der Waals surface area contributed by atoms with Crippen molar-refractivity contribution in [2.75, 3.05) is 39.8 Å². The molecule has 3 nitrogen and oxygen atoms in total. The van der Waals surface area contributed by atoms with Crippen molar-refractivity contribution in [1.82, 2.24) is 15.1 Å². The quantitative estimate of drug-likeness (QED) is 0.792. The van der Waals surface area contributed by atoms with Crippen molar-refractivity contribution in [2.45, 2.75) is 57.0 Å². The van der Waals surface area contributed by atoms with Gasteiger partial charge in [-0.3, -0.25) is 0 Å². The van der Waals surface area contributed by atoms with Crippen LogP contribution in [0.3, 0.4) is 0 Å². The lowest BCUT2D eigenvalue weighted by Crippen LogP contribution is -2.39. The Morgan fingerprint density at radius 2 is 1.74 bits per heavy atom. The SMILES string of the molecule is CN(CCC1CC2CCC(C1)N2)CCN1CCCC1. The summed E-state index contributed by atoms with van der Waals surface area (Å²) in [6.07, 6.45) is 10.0. The summed E-state index contributed by atoms with van der Waals surface area (Å²) in [5.74, 6) is 0.994. The summed E-state index contributed by atoms with van der Waals surface area (Å²) in [6.45, 7) is 6.53. The first-order chi connectivity index (χ1) is 9.29. The molecule has 3 heterocycles. The maximum atomic E-state index is 3.75. The van der Waals surface area contributed by atoms with Crippen LogP contribution < -0.4 is 5.32 Å². The van der Waals surface area contributed by atoms with Gasteiger partial charge in [-0.05, 0) is 77.5 Å². The number of nitrogens with one attached hydrogen (secondary N) is 1. The molecule has 0 aromatic heterocycles. The second-order valence-corrected chi connectivity index (χ2v) is 7.12. The maximum Gasteiger partial charge on any atom is 0.0109 e. The van der Waals surface area contributed by atoms with Gasteiger partial charge in [-0.25, -0.2) is 0 Å². The molecule has 0 aromatic rings. The molecule has 3 aliphatic heterocycles. The van der Waals surface area contributed by atoms with Crippen molar-refractivity contribution in [2.24, 2.45) is 5.92 Å². The second-order valence-electron chi connectivity index (χ2n) is 7.12. The number of hydrogen-bond acceptors (Lipinski definition) is 3. The van der Waals surface area contributed by atoms with Crippen LogP contribution in [0.1, 0.15) is 44.9 Å². The lowest BCUT2D eigenvalue weighted by molar-refractivity contribution is 0.220. The first kappa shape index (κ1) is 13.8. The Balaban J connectivity index is 1.30. The zero-order valence-electron chi connectivity index (χ0n) is 12.6. The summed E-state index contributed by atoms with van der Waals surface area (Å²) >= 11 is 0. The summed E-state index contributed by atoms with van der Waals surface area (Å²) in [5, 5.41) is 3.75. The smallest absolute Gasteiger partial charge is 0.0109 e. The molecule has 0 spiro atoms. The molecule has 3 saturated heterocycles. The third-order valence-electron chi connectivity index (χ3n) is 5.49. The van der Waals surface area contributed by atoms with Gasteiger partial charge < -0.3 is 15.1 Å². The first-order valence-corrected chi connectivity index (χ1v) is 8.46. The van der Waals surface area contributed by atoms with Crippen LogP contribution in [0.25, 0.3) is 0 Å². The summed E-state index contributed by atoms with van der Waals surface area (Å²) in [6, 6.07) is 1.72. The van der Waals surface area contributed by atoms with Crippen molar-refractivity contribution in [1.29, 1.82) is 0 Å². The highest BCUT2D eigenvalue weighted by atomic mass is 15.2. The van der Waals surface area contributed by atoms with Gasteiger partial charge in [0.1, 0.15) is 0 Å². The highest BCUT2D eigenvalue weighted by molar-refractivity contribution is 4.92. The lowest BCUT2D eigenvalue weighted by atomic mass is 9.89. The van der Waals surface area contributed by atoms with Crippen LogP contribution in [0, 0.1) is 5.92 Å². The molecular weight excluding hydrogens is 234 g/mol. The van der Waals surface area contributed by atoms with Crippen molar-refractivity contribution in [3.63, 3.8) is 0 Å². The normalized spacial score (nSPS) is 35.4. The molecule has 2 unspecified atom stereocenters. The second kappa shape index (κ2) is 6.55. The van der Waals surface area contributed by atoms with Gasteiger partial charge in [-0.1, -0.05) is 0 Å². The number of fused-ring (bicyclic) bond motifs is 2. The number of likely N-dealkylation sites (N-methyl/N-ethyl adjacent to an activating group) is 1. The number of piperidine rings is 1. The largest absolute Gasteiger partial charge is 0.311 e. The van der Waals surface area contributed by atoms with Gasteiger partial charge in [0, 0.05) is 25.2 Å². The molecule has 2 atom stereocenters.